The van der Waals surface area contributed by atoms with E-state index in [0.717, 1.165) is 0 Å². The maximum atomic E-state index is 13.9. The second-order valence-electron chi connectivity index (χ2n) is 4.77. The molecule has 0 saturated heterocycles. The lowest BCUT2D eigenvalue weighted by Gasteiger charge is -2.31. The van der Waals surface area contributed by atoms with Crippen molar-refractivity contribution in [2.24, 2.45) is 11.7 Å². The zero-order chi connectivity index (χ0) is 9.90. The molecule has 0 heterocycles. The molecule has 1 nitrogen and oxygen atoms in total. The molecule has 2 unspecified atom stereocenters. The van der Waals surface area contributed by atoms with Gasteiger partial charge in [0.25, 0.3) is 0 Å². The highest BCUT2D eigenvalue weighted by Gasteiger charge is 2.31. The van der Waals surface area contributed by atoms with Gasteiger partial charge in [0, 0.05) is 6.04 Å². The third-order valence-electron chi connectivity index (χ3n) is 3.36. The summed E-state index contributed by atoms with van der Waals surface area (Å²) >= 11 is 0. The van der Waals surface area contributed by atoms with Crippen LogP contribution in [0, 0.1) is 5.92 Å². The van der Waals surface area contributed by atoms with Crippen LogP contribution in [0.25, 0.3) is 0 Å². The Bertz CT molecular complexity index is 148. The predicted octanol–water partition coefficient (Wildman–Crippen LogP) is 3.03. The van der Waals surface area contributed by atoms with Crippen molar-refractivity contribution in [3.05, 3.63) is 0 Å². The monoisotopic (exact) mass is 187 g/mol. The van der Waals surface area contributed by atoms with Gasteiger partial charge in [-0.1, -0.05) is 32.1 Å². The van der Waals surface area contributed by atoms with Crippen LogP contribution in [-0.2, 0) is 0 Å². The van der Waals surface area contributed by atoms with Gasteiger partial charge in [0.2, 0.25) is 0 Å². The fourth-order valence-corrected chi connectivity index (χ4v) is 2.14. The lowest BCUT2D eigenvalue weighted by molar-refractivity contribution is 0.106. The molecular formula is C11H22FN. The summed E-state index contributed by atoms with van der Waals surface area (Å²) in [6, 6.07) is -0.338. The topological polar surface area (TPSA) is 26.0 Å². The second-order valence-corrected chi connectivity index (χ2v) is 4.77. The van der Waals surface area contributed by atoms with Gasteiger partial charge in [-0.2, -0.15) is 0 Å². The Morgan fingerprint density at radius 2 is 1.92 bits per heavy atom. The average molecular weight is 187 g/mol. The summed E-state index contributed by atoms with van der Waals surface area (Å²) in [5.41, 5.74) is 4.45. The minimum atomic E-state index is -1.16. The van der Waals surface area contributed by atoms with E-state index in [1.54, 1.807) is 13.8 Å². The third kappa shape index (κ3) is 3.26. The van der Waals surface area contributed by atoms with E-state index in [-0.39, 0.29) is 6.04 Å². The van der Waals surface area contributed by atoms with Crippen molar-refractivity contribution >= 4 is 0 Å². The first-order valence-corrected chi connectivity index (χ1v) is 5.47. The molecule has 1 saturated carbocycles. The van der Waals surface area contributed by atoms with Crippen LogP contribution >= 0.6 is 0 Å². The van der Waals surface area contributed by atoms with Crippen LogP contribution in [0.2, 0.25) is 0 Å². The quantitative estimate of drug-likeness (QED) is 0.722. The number of alkyl halides is 1. The number of hydrogen-bond acceptors (Lipinski definition) is 1. The first kappa shape index (κ1) is 11.0. The molecule has 1 fully saturated rings. The van der Waals surface area contributed by atoms with E-state index in [4.69, 9.17) is 5.73 Å². The Labute approximate surface area is 80.9 Å². The normalized spacial score (nSPS) is 26.8. The molecule has 1 aliphatic carbocycles. The number of hydrogen-bond donors (Lipinski definition) is 1. The summed E-state index contributed by atoms with van der Waals surface area (Å²) in [6.07, 6.45) is 6.94. The summed E-state index contributed by atoms with van der Waals surface area (Å²) in [7, 11) is 0. The standard InChI is InChI=1S/C11H22FN/c1-9(13)11(2,12)8-10-6-4-3-5-7-10/h9-10H,3-8,13H2,1-2H3. The Balaban J connectivity index is 2.37. The predicted molar refractivity (Wildman–Crippen MR) is 54.4 cm³/mol. The summed E-state index contributed by atoms with van der Waals surface area (Å²) in [4.78, 5) is 0. The maximum absolute atomic E-state index is 13.9. The average Bonchev–Trinajstić information content (AvgIpc) is 2.05. The van der Waals surface area contributed by atoms with Crippen molar-refractivity contribution in [3.8, 4) is 0 Å². The van der Waals surface area contributed by atoms with Crippen molar-refractivity contribution in [2.45, 2.75) is 64.1 Å². The van der Waals surface area contributed by atoms with E-state index in [1.807, 2.05) is 0 Å². The lowest BCUT2D eigenvalue weighted by Crippen LogP contribution is -2.41. The Hall–Kier alpha value is -0.110. The van der Waals surface area contributed by atoms with Crippen molar-refractivity contribution in [1.82, 2.24) is 0 Å². The fourth-order valence-electron chi connectivity index (χ4n) is 2.14. The van der Waals surface area contributed by atoms with Gasteiger partial charge in [-0.25, -0.2) is 4.39 Å². The highest BCUT2D eigenvalue weighted by molar-refractivity contribution is 4.85. The van der Waals surface area contributed by atoms with Gasteiger partial charge in [-0.3, -0.25) is 0 Å². The molecule has 2 N–H and O–H groups in total. The molecule has 78 valence electrons. The number of rotatable bonds is 3. The van der Waals surface area contributed by atoms with Crippen LogP contribution in [-0.4, -0.2) is 11.7 Å². The molecule has 0 aliphatic heterocycles. The molecule has 13 heavy (non-hydrogen) atoms. The first-order valence-electron chi connectivity index (χ1n) is 5.47. The van der Waals surface area contributed by atoms with E-state index in [0.29, 0.717) is 12.3 Å². The van der Waals surface area contributed by atoms with E-state index < -0.39 is 5.67 Å². The molecule has 0 amide bonds. The molecule has 0 radical (unpaired) electrons. The zero-order valence-electron chi connectivity index (χ0n) is 8.85. The molecule has 1 aliphatic rings. The molecular weight excluding hydrogens is 165 g/mol. The SMILES string of the molecule is CC(N)C(C)(F)CC1CCCCC1. The van der Waals surface area contributed by atoms with Gasteiger partial charge in [0.15, 0.2) is 0 Å². The summed E-state index contributed by atoms with van der Waals surface area (Å²) in [5.74, 6) is 0.578. The van der Waals surface area contributed by atoms with Crippen molar-refractivity contribution in [1.29, 1.82) is 0 Å². The van der Waals surface area contributed by atoms with Crippen LogP contribution in [0.15, 0.2) is 0 Å². The van der Waals surface area contributed by atoms with Crippen molar-refractivity contribution in [3.63, 3.8) is 0 Å². The van der Waals surface area contributed by atoms with E-state index in [9.17, 15) is 4.39 Å². The molecule has 2 atom stereocenters. The van der Waals surface area contributed by atoms with Crippen LogP contribution in [0.5, 0.6) is 0 Å². The molecule has 0 aromatic heterocycles. The van der Waals surface area contributed by atoms with Crippen molar-refractivity contribution < 1.29 is 4.39 Å². The van der Waals surface area contributed by atoms with Crippen LogP contribution in [0.3, 0.4) is 0 Å². The molecule has 0 spiro atoms. The molecule has 1 rings (SSSR count). The highest BCUT2D eigenvalue weighted by Crippen LogP contribution is 2.33. The van der Waals surface area contributed by atoms with Crippen LogP contribution in [0.4, 0.5) is 4.39 Å². The van der Waals surface area contributed by atoms with Crippen LogP contribution in [0.1, 0.15) is 52.4 Å². The lowest BCUT2D eigenvalue weighted by atomic mass is 9.80. The van der Waals surface area contributed by atoms with Gasteiger partial charge < -0.3 is 5.73 Å². The first-order chi connectivity index (χ1) is 6.02. The highest BCUT2D eigenvalue weighted by atomic mass is 19.1. The zero-order valence-corrected chi connectivity index (χ0v) is 8.85. The Morgan fingerprint density at radius 3 is 2.38 bits per heavy atom. The van der Waals surface area contributed by atoms with E-state index in [1.165, 1.54) is 32.1 Å². The molecule has 0 bridgehead atoms. The summed E-state index contributed by atoms with van der Waals surface area (Å²) in [6.45, 7) is 3.41. The molecule has 2 heteroatoms. The maximum Gasteiger partial charge on any atom is 0.123 e. The van der Waals surface area contributed by atoms with Crippen molar-refractivity contribution in [2.75, 3.05) is 0 Å². The van der Waals surface area contributed by atoms with E-state index >= 15 is 0 Å². The minimum absolute atomic E-state index is 0.338. The van der Waals surface area contributed by atoms with Crippen LogP contribution < -0.4 is 5.73 Å². The van der Waals surface area contributed by atoms with Gasteiger partial charge in [0.1, 0.15) is 5.67 Å². The summed E-state index contributed by atoms with van der Waals surface area (Å²) in [5, 5.41) is 0. The van der Waals surface area contributed by atoms with Gasteiger partial charge in [-0.05, 0) is 26.2 Å². The number of halogens is 1. The largest absolute Gasteiger partial charge is 0.325 e. The second kappa shape index (κ2) is 4.41. The third-order valence-corrected chi connectivity index (χ3v) is 3.36. The van der Waals surface area contributed by atoms with Gasteiger partial charge >= 0.3 is 0 Å². The minimum Gasteiger partial charge on any atom is -0.325 e. The molecule has 0 aromatic carbocycles. The van der Waals surface area contributed by atoms with Gasteiger partial charge in [-0.15, -0.1) is 0 Å². The Kier molecular flexibility index (Phi) is 3.72. The summed E-state index contributed by atoms with van der Waals surface area (Å²) < 4.78 is 13.9. The Morgan fingerprint density at radius 1 is 1.38 bits per heavy atom. The van der Waals surface area contributed by atoms with Gasteiger partial charge in [0.05, 0.1) is 0 Å². The number of nitrogens with two attached hydrogens (primary N) is 1. The molecule has 0 aromatic rings. The smallest absolute Gasteiger partial charge is 0.123 e. The van der Waals surface area contributed by atoms with E-state index in [2.05, 4.69) is 0 Å². The fraction of sp³-hybridized carbons (Fsp3) is 1.00.